The van der Waals surface area contributed by atoms with Crippen molar-refractivity contribution in [1.29, 1.82) is 0 Å². The van der Waals surface area contributed by atoms with Crippen molar-refractivity contribution < 1.29 is 9.59 Å². The largest absolute Gasteiger partial charge is 0.357 e. The molecule has 160 valence electrons. The Balaban J connectivity index is 1.99. The summed E-state index contributed by atoms with van der Waals surface area (Å²) >= 11 is 0. The van der Waals surface area contributed by atoms with Crippen LogP contribution in [-0.4, -0.2) is 63.5 Å². The van der Waals surface area contributed by atoms with Gasteiger partial charge in [0.1, 0.15) is 0 Å². The number of nitrogens with one attached hydrogen (secondary N) is 3. The second kappa shape index (κ2) is 10.8. The lowest BCUT2D eigenvalue weighted by atomic mass is 9.85. The van der Waals surface area contributed by atoms with Crippen molar-refractivity contribution in [3.63, 3.8) is 0 Å². The molecular weight excluding hydrogens is 366 g/mol. The van der Waals surface area contributed by atoms with E-state index < -0.39 is 0 Å². The van der Waals surface area contributed by atoms with Gasteiger partial charge < -0.3 is 20.9 Å². The number of hydrogen-bond donors (Lipinski definition) is 3. The third-order valence-corrected chi connectivity index (χ3v) is 5.43. The molecule has 0 spiro atoms. The summed E-state index contributed by atoms with van der Waals surface area (Å²) in [7, 11) is 5.28. The Hall–Kier alpha value is -2.57. The van der Waals surface area contributed by atoms with E-state index in [1.54, 1.807) is 11.9 Å². The summed E-state index contributed by atoms with van der Waals surface area (Å²) in [5.41, 5.74) is 1.38. The third-order valence-electron chi connectivity index (χ3n) is 5.43. The molecule has 0 unspecified atom stereocenters. The molecule has 1 aliphatic rings. The second-order valence-electron chi connectivity index (χ2n) is 7.84. The molecule has 1 saturated carbocycles. The summed E-state index contributed by atoms with van der Waals surface area (Å²) in [6.07, 6.45) is 4.75. The Labute approximate surface area is 174 Å². The maximum absolute atomic E-state index is 12.7. The molecule has 0 aliphatic heterocycles. The van der Waals surface area contributed by atoms with Crippen LogP contribution in [0.25, 0.3) is 0 Å². The molecule has 1 aromatic carbocycles. The highest BCUT2D eigenvalue weighted by atomic mass is 16.2. The van der Waals surface area contributed by atoms with Crippen molar-refractivity contribution in [2.75, 3.05) is 40.8 Å². The zero-order chi connectivity index (χ0) is 21.3. The number of nitrogens with zero attached hydrogens (tertiary/aromatic N) is 2. The number of carbonyl (C=O) groups excluding carboxylic acids is 2. The molecule has 0 saturated heterocycles. The van der Waals surface area contributed by atoms with Gasteiger partial charge in [0.05, 0.1) is 12.0 Å². The van der Waals surface area contributed by atoms with Gasteiger partial charge in [-0.1, -0.05) is 25.0 Å². The molecule has 2 rings (SSSR count). The van der Waals surface area contributed by atoms with Crippen LogP contribution in [0.2, 0.25) is 0 Å². The number of benzene rings is 1. The molecule has 7 heteroatoms. The van der Waals surface area contributed by atoms with E-state index in [0.29, 0.717) is 18.7 Å². The summed E-state index contributed by atoms with van der Waals surface area (Å²) < 4.78 is 0. The van der Waals surface area contributed by atoms with Crippen LogP contribution in [0.1, 0.15) is 48.5 Å². The minimum atomic E-state index is -0.367. The van der Waals surface area contributed by atoms with Gasteiger partial charge in [-0.2, -0.15) is 0 Å². The summed E-state index contributed by atoms with van der Waals surface area (Å²) in [6.45, 7) is 3.98. The van der Waals surface area contributed by atoms with Gasteiger partial charge >= 0.3 is 0 Å². The van der Waals surface area contributed by atoms with Gasteiger partial charge in [0.25, 0.3) is 5.91 Å². The first-order valence-corrected chi connectivity index (χ1v) is 10.5. The van der Waals surface area contributed by atoms with Gasteiger partial charge in [0.15, 0.2) is 5.96 Å². The van der Waals surface area contributed by atoms with Crippen LogP contribution in [0, 0.1) is 5.41 Å². The van der Waals surface area contributed by atoms with Gasteiger partial charge in [-0.3, -0.25) is 14.6 Å². The predicted octanol–water partition coefficient (Wildman–Crippen LogP) is 1.79. The van der Waals surface area contributed by atoms with E-state index in [1.807, 2.05) is 45.3 Å². The average molecular weight is 402 g/mol. The lowest BCUT2D eigenvalue weighted by Crippen LogP contribution is -2.43. The van der Waals surface area contributed by atoms with Crippen LogP contribution >= 0.6 is 0 Å². The van der Waals surface area contributed by atoms with Crippen molar-refractivity contribution in [2.45, 2.75) is 39.0 Å². The molecular formula is C22H35N5O2. The topological polar surface area (TPSA) is 85.8 Å². The zero-order valence-corrected chi connectivity index (χ0v) is 18.2. The Kier molecular flexibility index (Phi) is 8.49. The molecule has 2 amide bonds. The van der Waals surface area contributed by atoms with Crippen LogP contribution < -0.4 is 16.0 Å². The van der Waals surface area contributed by atoms with Crippen LogP contribution in [0.15, 0.2) is 29.3 Å². The van der Waals surface area contributed by atoms with E-state index in [0.717, 1.165) is 50.2 Å². The van der Waals surface area contributed by atoms with Crippen LogP contribution in [0.3, 0.4) is 0 Å². The lowest BCUT2D eigenvalue weighted by molar-refractivity contribution is -0.138. The molecule has 29 heavy (non-hydrogen) atoms. The highest BCUT2D eigenvalue weighted by molar-refractivity contribution is 5.94. The molecule has 1 aliphatic carbocycles. The van der Waals surface area contributed by atoms with Gasteiger partial charge in [-0.25, -0.2) is 0 Å². The number of amides is 2. The van der Waals surface area contributed by atoms with Crippen LogP contribution in [0.5, 0.6) is 0 Å². The molecule has 0 atom stereocenters. The minimum absolute atomic E-state index is 0.0814. The molecule has 1 aromatic rings. The molecule has 3 N–H and O–H groups in total. The summed E-state index contributed by atoms with van der Waals surface area (Å²) in [5.74, 6) is 0.829. The molecule has 0 bridgehead atoms. The average Bonchev–Trinajstić information content (AvgIpc) is 3.21. The van der Waals surface area contributed by atoms with Crippen molar-refractivity contribution in [2.24, 2.45) is 10.4 Å². The normalized spacial score (nSPS) is 15.7. The van der Waals surface area contributed by atoms with Crippen LogP contribution in [-0.2, 0) is 11.2 Å². The van der Waals surface area contributed by atoms with Crippen molar-refractivity contribution in [3.8, 4) is 0 Å². The van der Waals surface area contributed by atoms with Crippen molar-refractivity contribution in [1.82, 2.24) is 20.9 Å². The Bertz CT molecular complexity index is 724. The zero-order valence-electron chi connectivity index (χ0n) is 18.2. The molecule has 1 fully saturated rings. The fraction of sp³-hybridized carbons (Fsp3) is 0.591. The summed E-state index contributed by atoms with van der Waals surface area (Å²) in [5, 5.41) is 9.27. The van der Waals surface area contributed by atoms with Gasteiger partial charge in [0, 0.05) is 39.8 Å². The van der Waals surface area contributed by atoms with E-state index in [4.69, 9.17) is 4.99 Å². The quantitative estimate of drug-likeness (QED) is 0.458. The summed E-state index contributed by atoms with van der Waals surface area (Å²) in [4.78, 5) is 31.0. The van der Waals surface area contributed by atoms with Crippen molar-refractivity contribution >= 4 is 17.8 Å². The minimum Gasteiger partial charge on any atom is -0.357 e. The van der Waals surface area contributed by atoms with E-state index in [-0.39, 0.29) is 17.2 Å². The highest BCUT2D eigenvalue weighted by Gasteiger charge is 2.42. The first kappa shape index (κ1) is 22.7. The highest BCUT2D eigenvalue weighted by Crippen LogP contribution is 2.39. The second-order valence-corrected chi connectivity index (χ2v) is 7.84. The number of guanidine groups is 1. The Morgan fingerprint density at radius 1 is 1.17 bits per heavy atom. The standard InChI is InChI=1S/C22H35N5O2/c1-5-24-21(26-16-22(12-6-7-13-22)20(29)27(3)4)25-14-11-17-9-8-10-18(15-17)19(28)23-2/h8-10,15H,5-7,11-14,16H2,1-4H3,(H,23,28)(H2,24,25,26). The van der Waals surface area contributed by atoms with E-state index in [9.17, 15) is 9.59 Å². The SMILES string of the molecule is CCNC(=NCC1(C(=O)N(C)C)CCCC1)NCCc1cccc(C(=O)NC)c1. The number of hydrogen-bond acceptors (Lipinski definition) is 3. The fourth-order valence-electron chi connectivity index (χ4n) is 3.88. The van der Waals surface area contributed by atoms with Gasteiger partial charge in [0.2, 0.25) is 5.91 Å². The number of rotatable bonds is 8. The number of carbonyl (C=O) groups is 2. The maximum Gasteiger partial charge on any atom is 0.251 e. The Morgan fingerprint density at radius 2 is 1.90 bits per heavy atom. The molecule has 7 nitrogen and oxygen atoms in total. The molecule has 0 radical (unpaired) electrons. The smallest absolute Gasteiger partial charge is 0.251 e. The lowest BCUT2D eigenvalue weighted by Gasteiger charge is -2.29. The van der Waals surface area contributed by atoms with Gasteiger partial charge in [-0.05, 0) is 43.9 Å². The molecule has 0 heterocycles. The number of aliphatic imine (C=N–C) groups is 1. The van der Waals surface area contributed by atoms with Crippen molar-refractivity contribution in [3.05, 3.63) is 35.4 Å². The summed E-state index contributed by atoms with van der Waals surface area (Å²) in [6, 6.07) is 7.63. The Morgan fingerprint density at radius 3 is 2.52 bits per heavy atom. The maximum atomic E-state index is 12.7. The van der Waals surface area contributed by atoms with Crippen LogP contribution in [0.4, 0.5) is 0 Å². The van der Waals surface area contributed by atoms with E-state index in [1.165, 1.54) is 0 Å². The third kappa shape index (κ3) is 6.21. The van der Waals surface area contributed by atoms with E-state index in [2.05, 4.69) is 16.0 Å². The van der Waals surface area contributed by atoms with E-state index >= 15 is 0 Å². The monoisotopic (exact) mass is 401 g/mol. The molecule has 0 aromatic heterocycles. The van der Waals surface area contributed by atoms with Gasteiger partial charge in [-0.15, -0.1) is 0 Å². The first-order chi connectivity index (χ1) is 13.9. The fourth-order valence-corrected chi connectivity index (χ4v) is 3.88. The first-order valence-electron chi connectivity index (χ1n) is 10.5. The predicted molar refractivity (Wildman–Crippen MR) is 117 cm³/mol.